The van der Waals surface area contributed by atoms with E-state index in [1.807, 2.05) is 33.8 Å². The normalized spacial score (nSPS) is 12.3. The lowest BCUT2D eigenvalue weighted by Gasteiger charge is -2.16. The predicted octanol–water partition coefficient (Wildman–Crippen LogP) is 2.45. The van der Waals surface area contributed by atoms with Crippen LogP contribution >= 0.6 is 0 Å². The second-order valence-electron chi connectivity index (χ2n) is 6.69. The molecule has 6 nitrogen and oxygen atoms in total. The molecule has 0 aromatic heterocycles. The summed E-state index contributed by atoms with van der Waals surface area (Å²) < 4.78 is 53.8. The van der Waals surface area contributed by atoms with Crippen LogP contribution in [0.3, 0.4) is 0 Å². The smallest absolute Gasteiger partial charge is 0.218 e. The topological polar surface area (TPSA) is 92.3 Å². The Morgan fingerprint density at radius 2 is 1.30 bits per heavy atom. The molecule has 0 aliphatic carbocycles. The Labute approximate surface area is 162 Å². The van der Waals surface area contributed by atoms with Crippen molar-refractivity contribution in [2.45, 2.75) is 44.9 Å². The van der Waals surface area contributed by atoms with Crippen LogP contribution in [0.5, 0.6) is 0 Å². The van der Waals surface area contributed by atoms with E-state index in [0.717, 1.165) is 27.8 Å². The second kappa shape index (κ2) is 8.10. The zero-order chi connectivity index (χ0) is 20.4. The average molecular weight is 411 g/mol. The second-order valence-corrected chi connectivity index (χ2v) is 10.3. The monoisotopic (exact) mass is 410 g/mol. The van der Waals surface area contributed by atoms with Gasteiger partial charge in [0, 0.05) is 6.54 Å². The first-order chi connectivity index (χ1) is 12.5. The van der Waals surface area contributed by atoms with Crippen LogP contribution in [-0.2, 0) is 32.3 Å². The zero-order valence-corrected chi connectivity index (χ0v) is 17.9. The first kappa shape index (κ1) is 21.6. The molecule has 0 heterocycles. The quantitative estimate of drug-likeness (QED) is 0.733. The van der Waals surface area contributed by atoms with Crippen LogP contribution in [0.15, 0.2) is 35.2 Å². The lowest BCUT2D eigenvalue weighted by Crippen LogP contribution is -2.25. The molecule has 0 atom stereocenters. The highest BCUT2D eigenvalue weighted by Crippen LogP contribution is 2.26. The van der Waals surface area contributed by atoms with Gasteiger partial charge in [-0.15, -0.1) is 0 Å². The van der Waals surface area contributed by atoms with Gasteiger partial charge in [-0.25, -0.2) is 26.3 Å². The first-order valence-electron chi connectivity index (χ1n) is 8.53. The molecule has 0 aliphatic heterocycles. The highest BCUT2D eigenvalue weighted by atomic mass is 32.2. The molecule has 27 heavy (non-hydrogen) atoms. The summed E-state index contributed by atoms with van der Waals surface area (Å²) in [7, 11) is -5.63. The lowest BCUT2D eigenvalue weighted by atomic mass is 10.0. The van der Waals surface area contributed by atoms with Crippen molar-refractivity contribution >= 4 is 20.0 Å². The van der Waals surface area contributed by atoms with Crippen molar-refractivity contribution in [1.29, 1.82) is 0 Å². The van der Waals surface area contributed by atoms with Crippen molar-refractivity contribution in [3.8, 4) is 0 Å². The van der Waals surface area contributed by atoms with E-state index < -0.39 is 20.0 Å². The Bertz CT molecular complexity index is 1020. The first-order valence-corrected chi connectivity index (χ1v) is 11.7. The van der Waals surface area contributed by atoms with Crippen molar-refractivity contribution in [3.05, 3.63) is 63.7 Å². The molecule has 8 heteroatoms. The molecule has 0 saturated carbocycles. The highest BCUT2D eigenvalue weighted by molar-refractivity contribution is 7.89. The SMILES string of the molecule is CNS(=O)(=O)Cc1ccc(CNS(=O)(=O)c2c(C)c(C)cc(C)c2C)cc1. The highest BCUT2D eigenvalue weighted by Gasteiger charge is 2.21. The van der Waals surface area contributed by atoms with E-state index in [9.17, 15) is 16.8 Å². The van der Waals surface area contributed by atoms with E-state index >= 15 is 0 Å². The van der Waals surface area contributed by atoms with Crippen LogP contribution in [0.4, 0.5) is 0 Å². The fourth-order valence-electron chi connectivity index (χ4n) is 2.88. The summed E-state index contributed by atoms with van der Waals surface area (Å²) >= 11 is 0. The molecule has 0 amide bonds. The van der Waals surface area contributed by atoms with Gasteiger partial charge in [-0.2, -0.15) is 0 Å². The van der Waals surface area contributed by atoms with Gasteiger partial charge in [0.2, 0.25) is 20.0 Å². The number of hydrogen-bond donors (Lipinski definition) is 2. The third-order valence-electron chi connectivity index (χ3n) is 4.72. The molecule has 0 bridgehead atoms. The summed E-state index contributed by atoms with van der Waals surface area (Å²) in [4.78, 5) is 0.330. The van der Waals surface area contributed by atoms with Crippen LogP contribution in [-0.4, -0.2) is 23.9 Å². The summed E-state index contributed by atoms with van der Waals surface area (Å²) in [6, 6.07) is 8.81. The fraction of sp³-hybridized carbons (Fsp3) is 0.368. The van der Waals surface area contributed by atoms with Crippen molar-refractivity contribution < 1.29 is 16.8 Å². The Morgan fingerprint density at radius 3 is 1.78 bits per heavy atom. The maximum Gasteiger partial charge on any atom is 0.241 e. The summed E-state index contributed by atoms with van der Waals surface area (Å²) in [5.41, 5.74) is 4.76. The minimum atomic E-state index is -3.66. The molecular formula is C19H26N2O4S2. The van der Waals surface area contributed by atoms with E-state index in [4.69, 9.17) is 0 Å². The van der Waals surface area contributed by atoms with E-state index in [1.165, 1.54) is 7.05 Å². The molecule has 148 valence electrons. The number of sulfonamides is 2. The van der Waals surface area contributed by atoms with Crippen molar-refractivity contribution in [3.63, 3.8) is 0 Å². The van der Waals surface area contributed by atoms with Crippen LogP contribution in [0.25, 0.3) is 0 Å². The number of nitrogens with one attached hydrogen (secondary N) is 2. The Balaban J connectivity index is 2.19. The van der Waals surface area contributed by atoms with Gasteiger partial charge in [0.15, 0.2) is 0 Å². The zero-order valence-electron chi connectivity index (χ0n) is 16.3. The average Bonchev–Trinajstić information content (AvgIpc) is 2.59. The number of rotatable bonds is 7. The summed E-state index contributed by atoms with van der Waals surface area (Å²) in [5, 5.41) is 0. The molecule has 2 aromatic rings. The molecule has 2 N–H and O–H groups in total. The standard InChI is InChI=1S/C19H26N2O4S2/c1-13-10-14(2)16(4)19(15(13)3)27(24,25)21-11-17-6-8-18(9-7-17)12-26(22,23)20-5/h6-10,20-21H,11-12H2,1-5H3. The van der Waals surface area contributed by atoms with Gasteiger partial charge in [-0.05, 0) is 68.1 Å². The Hall–Kier alpha value is -1.74. The van der Waals surface area contributed by atoms with E-state index in [0.29, 0.717) is 10.5 Å². The predicted molar refractivity (Wildman–Crippen MR) is 108 cm³/mol. The summed E-state index contributed by atoms with van der Waals surface area (Å²) in [6.45, 7) is 7.56. The third kappa shape index (κ3) is 5.16. The number of aryl methyl sites for hydroxylation is 2. The van der Waals surface area contributed by atoms with Crippen LogP contribution < -0.4 is 9.44 Å². The van der Waals surface area contributed by atoms with Gasteiger partial charge >= 0.3 is 0 Å². The van der Waals surface area contributed by atoms with E-state index in [-0.39, 0.29) is 12.3 Å². The summed E-state index contributed by atoms with van der Waals surface area (Å²) in [5.74, 6) is -0.115. The number of hydrogen-bond acceptors (Lipinski definition) is 4. The van der Waals surface area contributed by atoms with Crippen molar-refractivity contribution in [2.24, 2.45) is 0 Å². The minimum absolute atomic E-state index is 0.115. The van der Waals surface area contributed by atoms with Gasteiger partial charge in [0.05, 0.1) is 10.6 Å². The Kier molecular flexibility index (Phi) is 6.47. The van der Waals surface area contributed by atoms with Gasteiger partial charge in [-0.3, -0.25) is 0 Å². The minimum Gasteiger partial charge on any atom is -0.218 e. The van der Waals surface area contributed by atoms with Crippen molar-refractivity contribution in [2.75, 3.05) is 7.05 Å². The Morgan fingerprint density at radius 1 is 0.815 bits per heavy atom. The van der Waals surface area contributed by atoms with Gasteiger partial charge < -0.3 is 0 Å². The molecule has 0 saturated heterocycles. The molecule has 0 spiro atoms. The fourth-order valence-corrected chi connectivity index (χ4v) is 5.28. The molecule has 2 aromatic carbocycles. The molecule has 0 radical (unpaired) electrons. The largest absolute Gasteiger partial charge is 0.241 e. The van der Waals surface area contributed by atoms with E-state index in [2.05, 4.69) is 9.44 Å². The third-order valence-corrected chi connectivity index (χ3v) is 7.73. The van der Waals surface area contributed by atoms with Gasteiger partial charge in [-0.1, -0.05) is 30.3 Å². The maximum absolute atomic E-state index is 12.8. The molecular weight excluding hydrogens is 384 g/mol. The van der Waals surface area contributed by atoms with Crippen LogP contribution in [0.2, 0.25) is 0 Å². The summed E-state index contributed by atoms with van der Waals surface area (Å²) in [6.07, 6.45) is 0. The van der Waals surface area contributed by atoms with Crippen molar-refractivity contribution in [1.82, 2.24) is 9.44 Å². The number of benzene rings is 2. The lowest BCUT2D eigenvalue weighted by molar-refractivity contribution is 0.579. The van der Waals surface area contributed by atoms with Crippen LogP contribution in [0.1, 0.15) is 33.4 Å². The maximum atomic E-state index is 12.8. The van der Waals surface area contributed by atoms with E-state index in [1.54, 1.807) is 24.3 Å². The molecule has 0 unspecified atom stereocenters. The van der Waals surface area contributed by atoms with Gasteiger partial charge in [0.25, 0.3) is 0 Å². The molecule has 2 rings (SSSR count). The van der Waals surface area contributed by atoms with Gasteiger partial charge in [0.1, 0.15) is 0 Å². The van der Waals surface area contributed by atoms with Crippen LogP contribution in [0, 0.1) is 27.7 Å². The molecule has 0 fully saturated rings. The molecule has 0 aliphatic rings.